The number of rotatable bonds is 5. The molecule has 0 aliphatic heterocycles. The van der Waals surface area contributed by atoms with E-state index in [1.165, 1.54) is 12.1 Å². The molecule has 7 nitrogen and oxygen atoms in total. The normalized spacial score (nSPS) is 11.8. The third-order valence-electron chi connectivity index (χ3n) is 3.21. The van der Waals surface area contributed by atoms with Crippen LogP contribution >= 0.6 is 0 Å². The summed E-state index contributed by atoms with van der Waals surface area (Å²) in [6.07, 6.45) is 0. The van der Waals surface area contributed by atoms with Gasteiger partial charge in [-0.1, -0.05) is 30.3 Å². The van der Waals surface area contributed by atoms with Gasteiger partial charge in [-0.2, -0.15) is 8.42 Å². The van der Waals surface area contributed by atoms with Gasteiger partial charge >= 0.3 is 5.97 Å². The summed E-state index contributed by atoms with van der Waals surface area (Å²) >= 11 is 0. The number of carbonyl (C=O) groups is 1. The highest BCUT2D eigenvalue weighted by Crippen LogP contribution is 2.12. The van der Waals surface area contributed by atoms with Gasteiger partial charge in [0.1, 0.15) is 0 Å². The van der Waals surface area contributed by atoms with Crippen LogP contribution in [0.3, 0.4) is 0 Å². The Labute approximate surface area is 147 Å². The van der Waals surface area contributed by atoms with Crippen LogP contribution in [0.15, 0.2) is 59.5 Å². The second kappa shape index (κ2) is 9.90. The molecule has 1 atom stereocenters. The van der Waals surface area contributed by atoms with Gasteiger partial charge in [0, 0.05) is 6.04 Å². The van der Waals surface area contributed by atoms with E-state index in [-0.39, 0.29) is 16.9 Å². The molecule has 0 spiro atoms. The van der Waals surface area contributed by atoms with Crippen LogP contribution in [-0.4, -0.2) is 25.5 Å². The van der Waals surface area contributed by atoms with Crippen molar-refractivity contribution in [2.45, 2.75) is 24.8 Å². The topological polar surface area (TPSA) is 119 Å². The molecular formula is C17H22N2O5S. The molecule has 0 aromatic heterocycles. The Bertz CT molecular complexity index is 761. The average molecular weight is 366 g/mol. The molecule has 0 saturated carbocycles. The SMILES string of the molecule is CCOC(=O)c1ccc(C(C)NN)cc1.O=S(=O)(O)c1ccccc1. The molecule has 136 valence electrons. The van der Waals surface area contributed by atoms with E-state index in [1.807, 2.05) is 19.1 Å². The third-order valence-corrected chi connectivity index (χ3v) is 4.08. The minimum absolute atomic E-state index is 0.0706. The maximum absolute atomic E-state index is 11.3. The van der Waals surface area contributed by atoms with Gasteiger partial charge in [0.15, 0.2) is 0 Å². The number of hydrogen-bond acceptors (Lipinski definition) is 6. The van der Waals surface area contributed by atoms with Crippen molar-refractivity contribution in [2.75, 3.05) is 6.61 Å². The summed E-state index contributed by atoms with van der Waals surface area (Å²) in [5.74, 6) is 5.01. The first-order chi connectivity index (χ1) is 11.8. The molecule has 0 amide bonds. The minimum atomic E-state index is -4.00. The van der Waals surface area contributed by atoms with Gasteiger partial charge in [-0.25, -0.2) is 4.79 Å². The van der Waals surface area contributed by atoms with Crippen LogP contribution in [0.5, 0.6) is 0 Å². The Morgan fingerprint density at radius 3 is 2.12 bits per heavy atom. The lowest BCUT2D eigenvalue weighted by Crippen LogP contribution is -2.25. The molecule has 0 radical (unpaired) electrons. The number of esters is 1. The fraction of sp³-hybridized carbons (Fsp3) is 0.235. The van der Waals surface area contributed by atoms with Gasteiger partial charge in [0.2, 0.25) is 0 Å². The van der Waals surface area contributed by atoms with Crippen molar-refractivity contribution in [3.63, 3.8) is 0 Å². The van der Waals surface area contributed by atoms with Crippen LogP contribution in [0.1, 0.15) is 35.8 Å². The molecule has 0 bridgehead atoms. The molecule has 0 aliphatic carbocycles. The van der Waals surface area contributed by atoms with Gasteiger partial charge in [-0.05, 0) is 43.7 Å². The number of hydrazine groups is 1. The van der Waals surface area contributed by atoms with Crippen molar-refractivity contribution in [3.05, 3.63) is 65.7 Å². The van der Waals surface area contributed by atoms with Crippen molar-refractivity contribution in [1.29, 1.82) is 0 Å². The standard InChI is InChI=1S/C11H16N2O2.C6H6O3S/c1-3-15-11(14)10-6-4-9(5-7-10)8(2)13-12;7-10(8,9)6-4-2-1-3-5-6/h4-8,13H,3,12H2,1-2H3;1-5H,(H,7,8,9). The summed E-state index contributed by atoms with van der Waals surface area (Å²) in [6.45, 7) is 4.12. The first-order valence-corrected chi connectivity index (χ1v) is 8.99. The van der Waals surface area contributed by atoms with Gasteiger partial charge in [-0.15, -0.1) is 0 Å². The number of ether oxygens (including phenoxy) is 1. The number of benzene rings is 2. The second-order valence-electron chi connectivity index (χ2n) is 5.02. The van der Waals surface area contributed by atoms with Gasteiger partial charge < -0.3 is 4.74 Å². The molecular weight excluding hydrogens is 344 g/mol. The van der Waals surface area contributed by atoms with Crippen LogP contribution < -0.4 is 11.3 Å². The van der Waals surface area contributed by atoms with Crippen molar-refractivity contribution < 1.29 is 22.5 Å². The van der Waals surface area contributed by atoms with Crippen LogP contribution in [0, 0.1) is 0 Å². The van der Waals surface area contributed by atoms with E-state index >= 15 is 0 Å². The monoisotopic (exact) mass is 366 g/mol. The van der Waals surface area contributed by atoms with E-state index < -0.39 is 10.1 Å². The highest BCUT2D eigenvalue weighted by atomic mass is 32.2. The first kappa shape index (κ1) is 20.8. The zero-order chi connectivity index (χ0) is 18.9. The van der Waals surface area contributed by atoms with Crippen molar-refractivity contribution in [3.8, 4) is 0 Å². The Balaban J connectivity index is 0.000000271. The Morgan fingerprint density at radius 1 is 1.16 bits per heavy atom. The van der Waals surface area contributed by atoms with Crippen LogP contribution in [-0.2, 0) is 14.9 Å². The summed E-state index contributed by atoms with van der Waals surface area (Å²) < 4.78 is 34.1. The molecule has 4 N–H and O–H groups in total. The predicted octanol–water partition coefficient (Wildman–Crippen LogP) is 2.32. The Morgan fingerprint density at radius 2 is 1.72 bits per heavy atom. The molecule has 0 saturated heterocycles. The van der Waals surface area contributed by atoms with E-state index in [0.29, 0.717) is 12.2 Å². The van der Waals surface area contributed by atoms with Gasteiger partial charge in [0.25, 0.3) is 10.1 Å². The van der Waals surface area contributed by atoms with Gasteiger partial charge in [-0.3, -0.25) is 15.8 Å². The van der Waals surface area contributed by atoms with Gasteiger partial charge in [0.05, 0.1) is 17.1 Å². The van der Waals surface area contributed by atoms with Crippen molar-refractivity contribution >= 4 is 16.1 Å². The summed E-state index contributed by atoms with van der Waals surface area (Å²) in [5, 5.41) is 0. The lowest BCUT2D eigenvalue weighted by molar-refractivity contribution is 0.0526. The van der Waals surface area contributed by atoms with Crippen molar-refractivity contribution in [1.82, 2.24) is 5.43 Å². The Kier molecular flexibility index (Phi) is 8.23. The molecule has 2 aromatic rings. The summed E-state index contributed by atoms with van der Waals surface area (Å²) in [7, 11) is -4.00. The number of nitrogens with one attached hydrogen (secondary N) is 1. The summed E-state index contributed by atoms with van der Waals surface area (Å²) in [4.78, 5) is 11.3. The molecule has 25 heavy (non-hydrogen) atoms. The molecule has 2 rings (SSSR count). The predicted molar refractivity (Wildman–Crippen MR) is 94.4 cm³/mol. The lowest BCUT2D eigenvalue weighted by atomic mass is 10.1. The van der Waals surface area contributed by atoms with E-state index in [4.69, 9.17) is 15.1 Å². The smallest absolute Gasteiger partial charge is 0.338 e. The zero-order valence-corrected chi connectivity index (χ0v) is 14.9. The molecule has 0 heterocycles. The quantitative estimate of drug-likeness (QED) is 0.321. The molecule has 0 aliphatic rings. The molecule has 8 heteroatoms. The fourth-order valence-electron chi connectivity index (χ4n) is 1.81. The van der Waals surface area contributed by atoms with Crippen LogP contribution in [0.4, 0.5) is 0 Å². The highest BCUT2D eigenvalue weighted by molar-refractivity contribution is 7.85. The largest absolute Gasteiger partial charge is 0.462 e. The zero-order valence-electron chi connectivity index (χ0n) is 14.0. The molecule has 0 fully saturated rings. The second-order valence-corrected chi connectivity index (χ2v) is 6.44. The minimum Gasteiger partial charge on any atom is -0.462 e. The van der Waals surface area contributed by atoms with Crippen LogP contribution in [0.2, 0.25) is 0 Å². The lowest BCUT2D eigenvalue weighted by Gasteiger charge is -2.10. The highest BCUT2D eigenvalue weighted by Gasteiger charge is 2.07. The van der Waals surface area contributed by atoms with E-state index in [0.717, 1.165) is 5.56 Å². The first-order valence-electron chi connectivity index (χ1n) is 7.55. The molecule has 1 unspecified atom stereocenters. The maximum atomic E-state index is 11.3. The maximum Gasteiger partial charge on any atom is 0.338 e. The van der Waals surface area contributed by atoms with E-state index in [2.05, 4.69) is 5.43 Å². The third kappa shape index (κ3) is 7.02. The Hall–Kier alpha value is -2.26. The summed E-state index contributed by atoms with van der Waals surface area (Å²) in [6, 6.07) is 14.7. The van der Waals surface area contributed by atoms with Crippen LogP contribution in [0.25, 0.3) is 0 Å². The summed E-state index contributed by atoms with van der Waals surface area (Å²) in [5.41, 5.74) is 4.23. The number of hydrogen-bond donors (Lipinski definition) is 3. The molecule has 2 aromatic carbocycles. The average Bonchev–Trinajstić information content (AvgIpc) is 2.62. The van der Waals surface area contributed by atoms with E-state index in [1.54, 1.807) is 37.3 Å². The number of carbonyl (C=O) groups excluding carboxylic acids is 1. The number of nitrogens with two attached hydrogens (primary N) is 1. The van der Waals surface area contributed by atoms with E-state index in [9.17, 15) is 13.2 Å². The fourth-order valence-corrected chi connectivity index (χ4v) is 2.31. The van der Waals surface area contributed by atoms with Crippen molar-refractivity contribution in [2.24, 2.45) is 5.84 Å².